The Hall–Kier alpha value is -1.85. The van der Waals surface area contributed by atoms with Crippen LogP contribution in [0.4, 0.5) is 0 Å². The van der Waals surface area contributed by atoms with Gasteiger partial charge in [0.25, 0.3) is 0 Å². The Kier molecular flexibility index (Phi) is 4.34. The lowest BCUT2D eigenvalue weighted by Crippen LogP contribution is -2.02. The lowest BCUT2D eigenvalue weighted by atomic mass is 10.00. The molecule has 2 aromatic rings. The molecule has 1 unspecified atom stereocenters. The Morgan fingerprint density at radius 2 is 1.62 bits per heavy atom. The minimum atomic E-state index is -3.22. The molecule has 21 heavy (non-hydrogen) atoms. The predicted molar refractivity (Wildman–Crippen MR) is 81.3 cm³/mol. The van der Waals surface area contributed by atoms with Crippen LogP contribution in [0.15, 0.2) is 47.4 Å². The average Bonchev–Trinajstić information content (AvgIpc) is 2.45. The van der Waals surface area contributed by atoms with Gasteiger partial charge in [-0.25, -0.2) is 8.42 Å². The van der Waals surface area contributed by atoms with Crippen LogP contribution >= 0.6 is 0 Å². The van der Waals surface area contributed by atoms with Gasteiger partial charge in [-0.2, -0.15) is 0 Å². The van der Waals surface area contributed by atoms with Gasteiger partial charge < -0.3 is 9.84 Å². The molecule has 0 bridgehead atoms. The molecule has 0 aromatic heterocycles. The van der Waals surface area contributed by atoms with Crippen molar-refractivity contribution >= 4 is 9.84 Å². The Morgan fingerprint density at radius 1 is 1.05 bits per heavy atom. The van der Waals surface area contributed by atoms with Crippen molar-refractivity contribution in [3.8, 4) is 5.75 Å². The molecule has 0 aliphatic rings. The molecule has 5 heteroatoms. The second-order valence-corrected chi connectivity index (χ2v) is 6.99. The first-order valence-electron chi connectivity index (χ1n) is 6.45. The second kappa shape index (κ2) is 5.87. The highest BCUT2D eigenvalue weighted by atomic mass is 32.2. The van der Waals surface area contributed by atoms with Gasteiger partial charge >= 0.3 is 0 Å². The molecule has 0 saturated heterocycles. The van der Waals surface area contributed by atoms with Crippen LogP contribution in [-0.4, -0.2) is 26.9 Å². The van der Waals surface area contributed by atoms with Crippen molar-refractivity contribution in [1.29, 1.82) is 0 Å². The molecule has 0 fully saturated rings. The average molecular weight is 306 g/mol. The highest BCUT2D eigenvalue weighted by Crippen LogP contribution is 2.27. The van der Waals surface area contributed by atoms with Crippen LogP contribution in [0, 0.1) is 6.92 Å². The summed E-state index contributed by atoms with van der Waals surface area (Å²) >= 11 is 0. The van der Waals surface area contributed by atoms with E-state index in [4.69, 9.17) is 4.74 Å². The third-order valence-corrected chi connectivity index (χ3v) is 4.49. The summed E-state index contributed by atoms with van der Waals surface area (Å²) in [5.41, 5.74) is 2.31. The molecule has 112 valence electrons. The number of aryl methyl sites for hydroxylation is 1. The van der Waals surface area contributed by atoms with E-state index in [9.17, 15) is 13.5 Å². The molecule has 0 heterocycles. The molecule has 0 aliphatic carbocycles. The predicted octanol–water partition coefficient (Wildman–Crippen LogP) is 2.49. The van der Waals surface area contributed by atoms with Crippen molar-refractivity contribution in [3.63, 3.8) is 0 Å². The summed E-state index contributed by atoms with van der Waals surface area (Å²) in [6, 6.07) is 11.7. The number of rotatable bonds is 4. The molecule has 0 amide bonds. The summed E-state index contributed by atoms with van der Waals surface area (Å²) < 4.78 is 28.0. The van der Waals surface area contributed by atoms with E-state index in [1.54, 1.807) is 31.4 Å². The van der Waals surface area contributed by atoms with Crippen molar-refractivity contribution in [3.05, 3.63) is 59.2 Å². The topological polar surface area (TPSA) is 63.6 Å². The Balaban J connectivity index is 2.31. The molecule has 0 spiro atoms. The zero-order valence-corrected chi connectivity index (χ0v) is 13.0. The normalized spacial score (nSPS) is 13.0. The van der Waals surface area contributed by atoms with Crippen LogP contribution in [-0.2, 0) is 9.84 Å². The lowest BCUT2D eigenvalue weighted by Gasteiger charge is -2.14. The number of methoxy groups -OCH3 is 1. The van der Waals surface area contributed by atoms with Crippen LogP contribution in [0.1, 0.15) is 22.8 Å². The van der Waals surface area contributed by atoms with E-state index in [2.05, 4.69) is 0 Å². The molecular formula is C16H18O4S. The highest BCUT2D eigenvalue weighted by Gasteiger charge is 2.13. The standard InChI is InChI=1S/C16H18O4S/c1-11-10-13(6-9-15(11)20-2)16(17)12-4-7-14(8-5-12)21(3,18)19/h4-10,16-17H,1-3H3. The van der Waals surface area contributed by atoms with Gasteiger partial charge in [-0.05, 0) is 47.9 Å². The van der Waals surface area contributed by atoms with E-state index < -0.39 is 15.9 Å². The minimum Gasteiger partial charge on any atom is -0.496 e. The number of aliphatic hydroxyl groups excluding tert-OH is 1. The van der Waals surface area contributed by atoms with E-state index in [0.29, 0.717) is 5.56 Å². The lowest BCUT2D eigenvalue weighted by molar-refractivity contribution is 0.220. The summed E-state index contributed by atoms with van der Waals surface area (Å²) in [6.07, 6.45) is 0.355. The van der Waals surface area contributed by atoms with Gasteiger partial charge in [0.2, 0.25) is 0 Å². The van der Waals surface area contributed by atoms with Crippen LogP contribution in [0.2, 0.25) is 0 Å². The molecule has 0 saturated carbocycles. The molecule has 2 rings (SSSR count). The summed E-state index contributed by atoms with van der Waals surface area (Å²) in [7, 11) is -1.62. The Labute approximate surface area is 124 Å². The molecular weight excluding hydrogens is 288 g/mol. The smallest absolute Gasteiger partial charge is 0.175 e. The molecule has 2 aromatic carbocycles. The highest BCUT2D eigenvalue weighted by molar-refractivity contribution is 7.90. The summed E-state index contributed by atoms with van der Waals surface area (Å²) in [5, 5.41) is 10.4. The molecule has 0 radical (unpaired) electrons. The van der Waals surface area contributed by atoms with E-state index in [1.165, 1.54) is 12.1 Å². The number of hydrogen-bond acceptors (Lipinski definition) is 4. The zero-order chi connectivity index (χ0) is 15.6. The van der Waals surface area contributed by atoms with Gasteiger partial charge in [-0.3, -0.25) is 0 Å². The maximum atomic E-state index is 11.4. The van der Waals surface area contributed by atoms with Crippen molar-refractivity contribution in [1.82, 2.24) is 0 Å². The number of ether oxygens (including phenoxy) is 1. The zero-order valence-electron chi connectivity index (χ0n) is 12.2. The Morgan fingerprint density at radius 3 is 2.10 bits per heavy atom. The fraction of sp³-hybridized carbons (Fsp3) is 0.250. The fourth-order valence-corrected chi connectivity index (χ4v) is 2.79. The maximum Gasteiger partial charge on any atom is 0.175 e. The molecule has 4 nitrogen and oxygen atoms in total. The van der Waals surface area contributed by atoms with Gasteiger partial charge in [0.15, 0.2) is 9.84 Å². The first kappa shape index (κ1) is 15.5. The van der Waals surface area contributed by atoms with Crippen molar-refractivity contribution in [2.75, 3.05) is 13.4 Å². The van der Waals surface area contributed by atoms with Crippen molar-refractivity contribution < 1.29 is 18.3 Å². The van der Waals surface area contributed by atoms with Crippen LogP contribution in [0.25, 0.3) is 0 Å². The van der Waals surface area contributed by atoms with E-state index in [1.807, 2.05) is 13.0 Å². The van der Waals surface area contributed by atoms with E-state index >= 15 is 0 Å². The quantitative estimate of drug-likeness (QED) is 0.942. The van der Waals surface area contributed by atoms with Gasteiger partial charge in [-0.1, -0.05) is 18.2 Å². The largest absolute Gasteiger partial charge is 0.496 e. The van der Waals surface area contributed by atoms with Crippen molar-refractivity contribution in [2.45, 2.75) is 17.9 Å². The number of benzene rings is 2. The van der Waals surface area contributed by atoms with E-state index in [-0.39, 0.29) is 4.90 Å². The monoisotopic (exact) mass is 306 g/mol. The van der Waals surface area contributed by atoms with Gasteiger partial charge in [0, 0.05) is 6.26 Å². The number of aliphatic hydroxyl groups is 1. The first-order valence-corrected chi connectivity index (χ1v) is 8.34. The first-order chi connectivity index (χ1) is 9.82. The molecule has 0 aliphatic heterocycles. The number of hydrogen-bond donors (Lipinski definition) is 1. The Bertz CT molecular complexity index is 733. The third-order valence-electron chi connectivity index (χ3n) is 3.36. The van der Waals surface area contributed by atoms with E-state index in [0.717, 1.165) is 23.1 Å². The van der Waals surface area contributed by atoms with Crippen molar-refractivity contribution in [2.24, 2.45) is 0 Å². The fourth-order valence-electron chi connectivity index (χ4n) is 2.16. The van der Waals surface area contributed by atoms with Crippen LogP contribution in [0.3, 0.4) is 0 Å². The number of sulfone groups is 1. The third kappa shape index (κ3) is 3.43. The maximum absolute atomic E-state index is 11.4. The second-order valence-electron chi connectivity index (χ2n) is 4.97. The van der Waals surface area contributed by atoms with Crippen LogP contribution < -0.4 is 4.74 Å². The van der Waals surface area contributed by atoms with Crippen LogP contribution in [0.5, 0.6) is 5.75 Å². The van der Waals surface area contributed by atoms with Gasteiger partial charge in [0.05, 0.1) is 12.0 Å². The summed E-state index contributed by atoms with van der Waals surface area (Å²) in [6.45, 7) is 1.90. The summed E-state index contributed by atoms with van der Waals surface area (Å²) in [5.74, 6) is 0.762. The summed E-state index contributed by atoms with van der Waals surface area (Å²) in [4.78, 5) is 0.240. The van der Waals surface area contributed by atoms with Gasteiger partial charge in [0.1, 0.15) is 11.9 Å². The molecule has 1 N–H and O–H groups in total. The van der Waals surface area contributed by atoms with Gasteiger partial charge in [-0.15, -0.1) is 0 Å². The minimum absolute atomic E-state index is 0.240. The molecule has 1 atom stereocenters. The SMILES string of the molecule is COc1ccc(C(O)c2ccc(S(C)(=O)=O)cc2)cc1C.